The molecule has 0 aromatic heterocycles. The number of carbonyl (C=O) groups excluding carboxylic acids is 2. The fraction of sp³-hybridized carbons (Fsp3) is 0.0385. The summed E-state index contributed by atoms with van der Waals surface area (Å²) in [4.78, 5) is 39.8. The van der Waals surface area contributed by atoms with Gasteiger partial charge in [0, 0.05) is 33.3 Å². The summed E-state index contributed by atoms with van der Waals surface area (Å²) in [6.45, 7) is 0. The summed E-state index contributed by atoms with van der Waals surface area (Å²) in [5.74, 6) is -0.863. The van der Waals surface area contributed by atoms with E-state index in [4.69, 9.17) is 25.8 Å². The van der Waals surface area contributed by atoms with Gasteiger partial charge in [0.2, 0.25) is 5.90 Å². The molecule has 4 rings (SSSR count). The predicted molar refractivity (Wildman–Crippen MR) is 148 cm³/mol. The van der Waals surface area contributed by atoms with Crippen molar-refractivity contribution in [2.75, 3.05) is 7.11 Å². The van der Waals surface area contributed by atoms with Gasteiger partial charge in [0.15, 0.2) is 11.4 Å². The molecule has 0 atom stereocenters. The predicted octanol–water partition coefficient (Wildman–Crippen LogP) is 6.75. The van der Waals surface area contributed by atoms with Crippen LogP contribution in [-0.2, 0) is 14.3 Å². The third-order valence-corrected chi connectivity index (χ3v) is 6.34. The second-order valence-corrected chi connectivity index (χ2v) is 9.80. The minimum absolute atomic E-state index is 0.0132. The van der Waals surface area contributed by atoms with Gasteiger partial charge in [-0.15, -0.1) is 0 Å². The van der Waals surface area contributed by atoms with Crippen LogP contribution < -0.4 is 9.47 Å². The van der Waals surface area contributed by atoms with Crippen LogP contribution >= 0.6 is 43.5 Å². The molecule has 0 spiro atoms. The molecule has 0 unspecified atom stereocenters. The SMILES string of the molecule is COc1ccc(Cl)cc1C1=N/C(=C\c2cc(Br)cc(Br)c2OC(=O)/C=C/c2ccc([N+](=O)[O-])cc2)C(=O)O1. The average Bonchev–Trinajstić information content (AvgIpc) is 3.24. The summed E-state index contributed by atoms with van der Waals surface area (Å²) in [5, 5.41) is 11.2. The number of non-ortho nitro benzene ring substituents is 1. The number of ether oxygens (including phenoxy) is 3. The van der Waals surface area contributed by atoms with Gasteiger partial charge in [0.05, 0.1) is 22.1 Å². The smallest absolute Gasteiger partial charge is 0.363 e. The number of cyclic esters (lactones) is 1. The minimum Gasteiger partial charge on any atom is -0.496 e. The molecule has 0 bridgehead atoms. The van der Waals surface area contributed by atoms with Crippen LogP contribution in [0.5, 0.6) is 11.5 Å². The Labute approximate surface area is 237 Å². The third kappa shape index (κ3) is 6.36. The van der Waals surface area contributed by atoms with Crippen molar-refractivity contribution in [3.05, 3.63) is 107 Å². The van der Waals surface area contributed by atoms with Crippen molar-refractivity contribution in [1.82, 2.24) is 0 Å². The van der Waals surface area contributed by atoms with Crippen LogP contribution in [0.15, 0.2) is 80.3 Å². The van der Waals surface area contributed by atoms with E-state index in [1.807, 2.05) is 0 Å². The zero-order chi connectivity index (χ0) is 27.4. The molecule has 0 saturated carbocycles. The van der Waals surface area contributed by atoms with Crippen LogP contribution in [0.3, 0.4) is 0 Å². The van der Waals surface area contributed by atoms with Gasteiger partial charge in [0.25, 0.3) is 5.69 Å². The summed E-state index contributed by atoms with van der Waals surface area (Å²) in [6.07, 6.45) is 4.06. The fourth-order valence-electron chi connectivity index (χ4n) is 3.32. The third-order valence-electron chi connectivity index (χ3n) is 5.06. The Balaban J connectivity index is 1.62. The highest BCUT2D eigenvalue weighted by atomic mass is 79.9. The molecule has 1 heterocycles. The molecule has 0 N–H and O–H groups in total. The van der Waals surface area contributed by atoms with E-state index in [-0.39, 0.29) is 23.0 Å². The monoisotopic (exact) mass is 660 g/mol. The second kappa shape index (κ2) is 11.7. The molecule has 192 valence electrons. The topological polar surface area (TPSA) is 117 Å². The molecule has 0 fully saturated rings. The quantitative estimate of drug-likeness (QED) is 0.0904. The molecule has 0 saturated heterocycles. The maximum Gasteiger partial charge on any atom is 0.363 e. The van der Waals surface area contributed by atoms with Crippen molar-refractivity contribution in [3.8, 4) is 11.5 Å². The Morgan fingerprint density at radius 3 is 2.55 bits per heavy atom. The molecule has 0 amide bonds. The van der Waals surface area contributed by atoms with E-state index in [2.05, 4.69) is 36.9 Å². The summed E-state index contributed by atoms with van der Waals surface area (Å²) >= 11 is 12.8. The van der Waals surface area contributed by atoms with Gasteiger partial charge in [-0.05, 0) is 76.1 Å². The highest BCUT2D eigenvalue weighted by molar-refractivity contribution is 9.11. The molecule has 1 aliphatic rings. The molecule has 0 aliphatic carbocycles. The Hall–Kier alpha value is -3.80. The largest absolute Gasteiger partial charge is 0.496 e. The Morgan fingerprint density at radius 1 is 1.13 bits per heavy atom. The number of benzene rings is 3. The van der Waals surface area contributed by atoms with Crippen molar-refractivity contribution in [2.24, 2.45) is 4.99 Å². The van der Waals surface area contributed by atoms with Gasteiger partial charge < -0.3 is 14.2 Å². The van der Waals surface area contributed by atoms with Crippen LogP contribution in [0, 0.1) is 10.1 Å². The lowest BCUT2D eigenvalue weighted by Gasteiger charge is -2.09. The number of halogens is 3. The van der Waals surface area contributed by atoms with Crippen molar-refractivity contribution in [1.29, 1.82) is 0 Å². The lowest BCUT2D eigenvalue weighted by molar-refractivity contribution is -0.384. The van der Waals surface area contributed by atoms with E-state index in [0.717, 1.165) is 0 Å². The zero-order valence-electron chi connectivity index (χ0n) is 19.3. The molecule has 3 aromatic rings. The van der Waals surface area contributed by atoms with Gasteiger partial charge in [-0.3, -0.25) is 10.1 Å². The number of hydrogen-bond donors (Lipinski definition) is 0. The number of rotatable bonds is 7. The molecular formula is C26H15Br2ClN2O7. The first-order valence-corrected chi connectivity index (χ1v) is 12.6. The molecule has 0 radical (unpaired) electrons. The number of nitro benzene ring substituents is 1. The van der Waals surface area contributed by atoms with Crippen LogP contribution in [-0.4, -0.2) is 29.9 Å². The highest BCUT2D eigenvalue weighted by Crippen LogP contribution is 2.36. The normalized spacial score (nSPS) is 13.9. The first-order chi connectivity index (χ1) is 18.1. The summed E-state index contributed by atoms with van der Waals surface area (Å²) in [5.41, 5.74) is 1.22. The van der Waals surface area contributed by atoms with Gasteiger partial charge in [-0.2, -0.15) is 0 Å². The minimum atomic E-state index is -0.715. The molecule has 12 heteroatoms. The van der Waals surface area contributed by atoms with Crippen LogP contribution in [0.2, 0.25) is 5.02 Å². The highest BCUT2D eigenvalue weighted by Gasteiger charge is 2.27. The van der Waals surface area contributed by atoms with Gasteiger partial charge in [-0.25, -0.2) is 14.6 Å². The van der Waals surface area contributed by atoms with E-state index in [1.165, 1.54) is 49.6 Å². The maximum absolute atomic E-state index is 12.6. The summed E-state index contributed by atoms with van der Waals surface area (Å²) < 4.78 is 17.3. The number of hydrogen-bond acceptors (Lipinski definition) is 8. The lowest BCUT2D eigenvalue weighted by atomic mass is 10.1. The summed E-state index contributed by atoms with van der Waals surface area (Å²) in [7, 11) is 1.47. The zero-order valence-corrected chi connectivity index (χ0v) is 23.2. The first-order valence-electron chi connectivity index (χ1n) is 10.6. The number of aliphatic imine (C=N–C) groups is 1. The van der Waals surface area contributed by atoms with Gasteiger partial charge in [-0.1, -0.05) is 27.5 Å². The summed E-state index contributed by atoms with van der Waals surface area (Å²) in [6, 6.07) is 13.8. The van der Waals surface area contributed by atoms with E-state index in [0.29, 0.717) is 36.4 Å². The number of nitrogens with zero attached hydrogens (tertiary/aromatic N) is 2. The Bertz CT molecular complexity index is 1550. The maximum atomic E-state index is 12.6. The first kappa shape index (κ1) is 27.2. The standard InChI is InChI=1S/C26H15Br2ClN2O7/c1-36-22-8-5-17(29)13-19(22)25-30-21(26(33)38-25)11-15-10-16(27)12-20(28)24(15)37-23(32)9-4-14-2-6-18(7-3-14)31(34)35/h2-13H,1H3/b9-4+,21-11-. The van der Waals surface area contributed by atoms with Gasteiger partial charge in [0.1, 0.15) is 5.75 Å². The molecular weight excluding hydrogens is 648 g/mol. The van der Waals surface area contributed by atoms with Crippen LogP contribution in [0.1, 0.15) is 16.7 Å². The van der Waals surface area contributed by atoms with Crippen molar-refractivity contribution >= 4 is 79.1 Å². The van der Waals surface area contributed by atoms with Crippen molar-refractivity contribution in [2.45, 2.75) is 0 Å². The average molecular weight is 663 g/mol. The van der Waals surface area contributed by atoms with Crippen LogP contribution in [0.4, 0.5) is 5.69 Å². The van der Waals surface area contributed by atoms with Crippen LogP contribution in [0.25, 0.3) is 12.2 Å². The molecule has 9 nitrogen and oxygen atoms in total. The Morgan fingerprint density at radius 2 is 1.87 bits per heavy atom. The van der Waals surface area contributed by atoms with Crippen molar-refractivity contribution < 1.29 is 28.7 Å². The van der Waals surface area contributed by atoms with Crippen molar-refractivity contribution in [3.63, 3.8) is 0 Å². The fourth-order valence-corrected chi connectivity index (χ4v) is 4.83. The molecule has 3 aromatic carbocycles. The number of nitro groups is 1. The van der Waals surface area contributed by atoms with Gasteiger partial charge >= 0.3 is 11.9 Å². The number of carbonyl (C=O) groups is 2. The molecule has 1 aliphatic heterocycles. The van der Waals surface area contributed by atoms with E-state index in [9.17, 15) is 19.7 Å². The number of methoxy groups -OCH3 is 1. The molecule has 38 heavy (non-hydrogen) atoms. The number of esters is 2. The Kier molecular flexibility index (Phi) is 8.40. The van der Waals surface area contributed by atoms with E-state index in [1.54, 1.807) is 30.3 Å². The second-order valence-electron chi connectivity index (χ2n) is 7.59. The lowest BCUT2D eigenvalue weighted by Crippen LogP contribution is -2.07. The van der Waals surface area contributed by atoms with E-state index < -0.39 is 16.9 Å². The van der Waals surface area contributed by atoms with E-state index >= 15 is 0 Å².